The SMILES string of the molecule is O=S(=O)(Nc1ccc(F)cc1F)c1cc(CO)ccc1Br. The highest BCUT2D eigenvalue weighted by Gasteiger charge is 2.20. The van der Waals surface area contributed by atoms with Gasteiger partial charge in [0.1, 0.15) is 16.5 Å². The molecule has 4 nitrogen and oxygen atoms in total. The topological polar surface area (TPSA) is 66.4 Å². The fourth-order valence-corrected chi connectivity index (χ4v) is 3.71. The number of benzene rings is 2. The first-order valence-corrected chi connectivity index (χ1v) is 7.98. The van der Waals surface area contributed by atoms with Gasteiger partial charge in [0.2, 0.25) is 0 Å². The molecule has 0 spiro atoms. The van der Waals surface area contributed by atoms with Crippen LogP contribution in [0.4, 0.5) is 14.5 Å². The van der Waals surface area contributed by atoms with Crippen molar-refractivity contribution in [2.45, 2.75) is 11.5 Å². The van der Waals surface area contributed by atoms with Crippen molar-refractivity contribution in [3.63, 3.8) is 0 Å². The third-order valence-electron chi connectivity index (χ3n) is 2.64. The quantitative estimate of drug-likeness (QED) is 0.860. The summed E-state index contributed by atoms with van der Waals surface area (Å²) in [6.45, 7) is -0.333. The largest absolute Gasteiger partial charge is 0.392 e. The maximum Gasteiger partial charge on any atom is 0.263 e. The minimum absolute atomic E-state index is 0.155. The zero-order chi connectivity index (χ0) is 15.6. The maximum atomic E-state index is 13.5. The summed E-state index contributed by atoms with van der Waals surface area (Å²) in [6, 6.07) is 6.78. The van der Waals surface area contributed by atoms with Crippen LogP contribution < -0.4 is 4.72 Å². The molecule has 2 aromatic carbocycles. The average molecular weight is 378 g/mol. The van der Waals surface area contributed by atoms with Crippen molar-refractivity contribution >= 4 is 31.6 Å². The van der Waals surface area contributed by atoms with Gasteiger partial charge in [0.25, 0.3) is 10.0 Å². The molecular formula is C13H10BrF2NO3S. The summed E-state index contributed by atoms with van der Waals surface area (Å²) < 4.78 is 53.1. The van der Waals surface area contributed by atoms with E-state index in [-0.39, 0.29) is 21.7 Å². The van der Waals surface area contributed by atoms with E-state index in [4.69, 9.17) is 5.11 Å². The molecule has 112 valence electrons. The first-order valence-electron chi connectivity index (χ1n) is 5.70. The van der Waals surface area contributed by atoms with Crippen molar-refractivity contribution in [1.29, 1.82) is 0 Å². The molecule has 0 aliphatic rings. The fraction of sp³-hybridized carbons (Fsp3) is 0.0769. The van der Waals surface area contributed by atoms with Crippen molar-refractivity contribution in [1.82, 2.24) is 0 Å². The van der Waals surface area contributed by atoms with E-state index in [0.29, 0.717) is 11.6 Å². The van der Waals surface area contributed by atoms with Gasteiger partial charge in [0.15, 0.2) is 0 Å². The van der Waals surface area contributed by atoms with E-state index in [2.05, 4.69) is 15.9 Å². The molecule has 0 unspecified atom stereocenters. The van der Waals surface area contributed by atoms with E-state index in [1.807, 2.05) is 4.72 Å². The van der Waals surface area contributed by atoms with Crippen molar-refractivity contribution in [2.75, 3.05) is 4.72 Å². The second-order valence-electron chi connectivity index (χ2n) is 4.15. The summed E-state index contributed by atoms with van der Waals surface area (Å²) in [4.78, 5) is -0.155. The van der Waals surface area contributed by atoms with Gasteiger partial charge in [-0.15, -0.1) is 0 Å². The molecule has 0 aliphatic carbocycles. The Morgan fingerprint density at radius 3 is 2.48 bits per heavy atom. The lowest BCUT2D eigenvalue weighted by atomic mass is 10.2. The molecule has 0 saturated heterocycles. The molecule has 8 heteroatoms. The van der Waals surface area contributed by atoms with Gasteiger partial charge in [-0.3, -0.25) is 4.72 Å². The zero-order valence-corrected chi connectivity index (χ0v) is 12.9. The Bertz CT molecular complexity index is 781. The van der Waals surface area contributed by atoms with Crippen molar-refractivity contribution < 1.29 is 22.3 Å². The van der Waals surface area contributed by atoms with Crippen LogP contribution in [0.5, 0.6) is 0 Å². The van der Waals surface area contributed by atoms with E-state index in [1.165, 1.54) is 12.1 Å². The van der Waals surface area contributed by atoms with Crippen LogP contribution in [0.15, 0.2) is 45.8 Å². The number of hydrogen-bond donors (Lipinski definition) is 2. The molecule has 2 aromatic rings. The minimum Gasteiger partial charge on any atom is -0.392 e. The first-order chi connectivity index (χ1) is 9.83. The number of hydrogen-bond acceptors (Lipinski definition) is 3. The van der Waals surface area contributed by atoms with Gasteiger partial charge in [0.05, 0.1) is 12.3 Å². The molecule has 21 heavy (non-hydrogen) atoms. The highest BCUT2D eigenvalue weighted by Crippen LogP contribution is 2.26. The van der Waals surface area contributed by atoms with E-state index < -0.39 is 21.7 Å². The number of rotatable bonds is 4. The van der Waals surface area contributed by atoms with Crippen LogP contribution in [-0.4, -0.2) is 13.5 Å². The average Bonchev–Trinajstić information content (AvgIpc) is 2.42. The van der Waals surface area contributed by atoms with E-state index in [9.17, 15) is 17.2 Å². The molecule has 0 atom stereocenters. The molecule has 0 aromatic heterocycles. The Kier molecular flexibility index (Phi) is 4.60. The van der Waals surface area contributed by atoms with E-state index in [0.717, 1.165) is 12.1 Å². The highest BCUT2D eigenvalue weighted by atomic mass is 79.9. The predicted octanol–water partition coefficient (Wildman–Crippen LogP) is 3.02. The van der Waals surface area contributed by atoms with Crippen LogP contribution in [0.1, 0.15) is 5.56 Å². The molecule has 0 heterocycles. The van der Waals surface area contributed by atoms with Crippen LogP contribution in [0.3, 0.4) is 0 Å². The van der Waals surface area contributed by atoms with Gasteiger partial charge in [-0.1, -0.05) is 6.07 Å². The summed E-state index contributed by atoms with van der Waals surface area (Å²) in [5.74, 6) is -1.83. The maximum absolute atomic E-state index is 13.5. The van der Waals surface area contributed by atoms with E-state index in [1.54, 1.807) is 6.07 Å². The van der Waals surface area contributed by atoms with Crippen molar-refractivity contribution in [3.05, 3.63) is 58.1 Å². The number of aliphatic hydroxyl groups excluding tert-OH is 1. The Morgan fingerprint density at radius 2 is 1.86 bits per heavy atom. The molecule has 0 amide bonds. The lowest BCUT2D eigenvalue weighted by molar-refractivity contribution is 0.281. The van der Waals surface area contributed by atoms with Crippen LogP contribution >= 0.6 is 15.9 Å². The fourth-order valence-electron chi connectivity index (χ4n) is 1.62. The van der Waals surface area contributed by atoms with Gasteiger partial charge in [-0.25, -0.2) is 17.2 Å². The third kappa shape index (κ3) is 3.58. The number of nitrogens with one attached hydrogen (secondary N) is 1. The predicted molar refractivity (Wildman–Crippen MR) is 77.2 cm³/mol. The van der Waals surface area contributed by atoms with Gasteiger partial charge in [0, 0.05) is 10.5 Å². The Balaban J connectivity index is 2.43. The highest BCUT2D eigenvalue weighted by molar-refractivity contribution is 9.10. The van der Waals surface area contributed by atoms with Crippen molar-refractivity contribution in [3.8, 4) is 0 Å². The number of halogens is 3. The monoisotopic (exact) mass is 377 g/mol. The summed E-state index contributed by atoms with van der Waals surface area (Å²) in [7, 11) is -4.08. The van der Waals surface area contributed by atoms with Gasteiger partial charge < -0.3 is 5.11 Å². The molecule has 0 bridgehead atoms. The van der Waals surface area contributed by atoms with Gasteiger partial charge in [-0.2, -0.15) is 0 Å². The molecule has 0 saturated carbocycles. The first kappa shape index (κ1) is 15.9. The van der Waals surface area contributed by atoms with Crippen LogP contribution in [0, 0.1) is 11.6 Å². The second-order valence-corrected chi connectivity index (χ2v) is 6.66. The molecule has 2 N–H and O–H groups in total. The molecular weight excluding hydrogens is 368 g/mol. The second kappa shape index (κ2) is 6.08. The van der Waals surface area contributed by atoms with Gasteiger partial charge in [-0.05, 0) is 45.8 Å². The number of sulfonamides is 1. The summed E-state index contributed by atoms with van der Waals surface area (Å²) in [5.41, 5.74) is 0.0239. The molecule has 2 rings (SSSR count). The lowest BCUT2D eigenvalue weighted by Crippen LogP contribution is -2.15. The molecule has 0 radical (unpaired) electrons. The zero-order valence-electron chi connectivity index (χ0n) is 10.5. The minimum atomic E-state index is -4.08. The summed E-state index contributed by atoms with van der Waals surface area (Å²) in [5, 5.41) is 9.05. The number of aliphatic hydroxyl groups is 1. The van der Waals surface area contributed by atoms with Crippen LogP contribution in [0.25, 0.3) is 0 Å². The normalized spacial score (nSPS) is 11.4. The van der Waals surface area contributed by atoms with Gasteiger partial charge >= 0.3 is 0 Å². The Labute approximate surface area is 128 Å². The summed E-state index contributed by atoms with van der Waals surface area (Å²) in [6.07, 6.45) is 0. The summed E-state index contributed by atoms with van der Waals surface area (Å²) >= 11 is 3.08. The van der Waals surface area contributed by atoms with Crippen LogP contribution in [0.2, 0.25) is 0 Å². The smallest absolute Gasteiger partial charge is 0.263 e. The third-order valence-corrected chi connectivity index (χ3v) is 5.00. The molecule has 0 aliphatic heterocycles. The van der Waals surface area contributed by atoms with Crippen LogP contribution in [-0.2, 0) is 16.6 Å². The lowest BCUT2D eigenvalue weighted by Gasteiger charge is -2.11. The molecule has 0 fully saturated rings. The van der Waals surface area contributed by atoms with Crippen molar-refractivity contribution in [2.24, 2.45) is 0 Å². The van der Waals surface area contributed by atoms with E-state index >= 15 is 0 Å². The number of anilines is 1. The standard InChI is InChI=1S/C13H10BrF2NO3S/c14-10-3-1-8(7-18)5-13(10)21(19,20)17-12-4-2-9(15)6-11(12)16/h1-6,17-18H,7H2. The Hall–Kier alpha value is -1.51. The Morgan fingerprint density at radius 1 is 1.14 bits per heavy atom.